The van der Waals surface area contributed by atoms with Gasteiger partial charge in [-0.05, 0) is 38.8 Å². The standard InChI is InChI=1S/C13H31N3OSi/c1-3-9-15-18(16-10-4-2)17-12-11-14-13-7-5-6-8-13/h13-16,18H,3-12H2,1-2H3. The highest BCUT2D eigenvalue weighted by atomic mass is 28.3. The minimum Gasteiger partial charge on any atom is -0.393 e. The fraction of sp³-hybridized carbons (Fsp3) is 1.00. The maximum atomic E-state index is 5.96. The first-order valence-electron chi connectivity index (χ1n) is 7.68. The molecule has 1 rings (SSSR count). The smallest absolute Gasteiger partial charge is 0.335 e. The quantitative estimate of drug-likeness (QED) is 0.392. The third kappa shape index (κ3) is 7.48. The van der Waals surface area contributed by atoms with Gasteiger partial charge in [0.25, 0.3) is 0 Å². The number of hydrogen-bond acceptors (Lipinski definition) is 4. The maximum absolute atomic E-state index is 5.96. The number of hydrogen-bond donors (Lipinski definition) is 3. The van der Waals surface area contributed by atoms with E-state index in [1.54, 1.807) is 0 Å². The lowest BCUT2D eigenvalue weighted by molar-refractivity contribution is 0.291. The van der Waals surface area contributed by atoms with Crippen LogP contribution in [0.2, 0.25) is 0 Å². The van der Waals surface area contributed by atoms with Gasteiger partial charge < -0.3 is 19.7 Å². The summed E-state index contributed by atoms with van der Waals surface area (Å²) in [5.41, 5.74) is 0. The number of rotatable bonds is 11. The maximum Gasteiger partial charge on any atom is 0.335 e. The molecule has 108 valence electrons. The molecule has 0 aromatic carbocycles. The van der Waals surface area contributed by atoms with Crippen molar-refractivity contribution in [3.8, 4) is 0 Å². The van der Waals surface area contributed by atoms with Crippen molar-refractivity contribution in [3.63, 3.8) is 0 Å². The Kier molecular flexibility index (Phi) is 9.79. The Morgan fingerprint density at radius 2 is 1.61 bits per heavy atom. The van der Waals surface area contributed by atoms with Gasteiger partial charge in [0.2, 0.25) is 0 Å². The summed E-state index contributed by atoms with van der Waals surface area (Å²) in [6.45, 7) is 8.34. The van der Waals surface area contributed by atoms with Gasteiger partial charge in [0.15, 0.2) is 0 Å². The first-order valence-corrected chi connectivity index (χ1v) is 9.31. The van der Waals surface area contributed by atoms with E-state index < -0.39 is 9.36 Å². The molecule has 18 heavy (non-hydrogen) atoms. The van der Waals surface area contributed by atoms with Crippen LogP contribution in [0.25, 0.3) is 0 Å². The lowest BCUT2D eigenvalue weighted by atomic mass is 10.2. The van der Waals surface area contributed by atoms with Crippen LogP contribution in [0.3, 0.4) is 0 Å². The molecular formula is C13H31N3OSi. The van der Waals surface area contributed by atoms with E-state index >= 15 is 0 Å². The van der Waals surface area contributed by atoms with Crippen molar-refractivity contribution in [2.75, 3.05) is 26.2 Å². The highest BCUT2D eigenvalue weighted by Gasteiger charge is 2.14. The van der Waals surface area contributed by atoms with E-state index in [1.165, 1.54) is 38.5 Å². The highest BCUT2D eigenvalue weighted by molar-refractivity contribution is 6.45. The molecule has 0 radical (unpaired) electrons. The Balaban J connectivity index is 2.03. The normalized spacial score (nSPS) is 16.8. The molecule has 0 aromatic heterocycles. The Morgan fingerprint density at radius 3 is 2.17 bits per heavy atom. The first-order chi connectivity index (χ1) is 8.86. The molecule has 5 heteroatoms. The summed E-state index contributed by atoms with van der Waals surface area (Å²) in [5.74, 6) is 0. The fourth-order valence-corrected chi connectivity index (χ4v) is 4.15. The molecular weight excluding hydrogens is 242 g/mol. The van der Waals surface area contributed by atoms with Crippen LogP contribution in [0.4, 0.5) is 0 Å². The zero-order valence-corrected chi connectivity index (χ0v) is 13.3. The second-order valence-corrected chi connectivity index (χ2v) is 7.00. The van der Waals surface area contributed by atoms with Crippen LogP contribution in [0, 0.1) is 0 Å². The van der Waals surface area contributed by atoms with E-state index in [0.29, 0.717) is 0 Å². The fourth-order valence-electron chi connectivity index (χ4n) is 2.31. The van der Waals surface area contributed by atoms with Crippen LogP contribution >= 0.6 is 0 Å². The molecule has 1 saturated carbocycles. The summed E-state index contributed by atoms with van der Waals surface area (Å²) in [4.78, 5) is 7.02. The summed E-state index contributed by atoms with van der Waals surface area (Å²) in [5, 5.41) is 3.59. The van der Waals surface area contributed by atoms with Crippen molar-refractivity contribution in [3.05, 3.63) is 0 Å². The lowest BCUT2D eigenvalue weighted by Crippen LogP contribution is -2.51. The molecule has 1 aliphatic rings. The summed E-state index contributed by atoms with van der Waals surface area (Å²) in [6.07, 6.45) is 7.83. The Morgan fingerprint density at radius 1 is 1.00 bits per heavy atom. The zero-order valence-electron chi connectivity index (χ0n) is 12.1. The monoisotopic (exact) mass is 273 g/mol. The Hall–Kier alpha value is 0.0569. The third-order valence-corrected chi connectivity index (χ3v) is 5.22. The molecule has 0 aliphatic heterocycles. The summed E-state index contributed by atoms with van der Waals surface area (Å²) in [7, 11) is -1.37. The number of nitrogens with one attached hydrogen (secondary N) is 3. The molecule has 0 aromatic rings. The summed E-state index contributed by atoms with van der Waals surface area (Å²) in [6, 6.07) is 0.751. The Bertz CT molecular complexity index is 181. The van der Waals surface area contributed by atoms with Gasteiger partial charge in [0.05, 0.1) is 0 Å². The predicted molar refractivity (Wildman–Crippen MR) is 79.9 cm³/mol. The molecule has 0 spiro atoms. The first kappa shape index (κ1) is 16.1. The second kappa shape index (κ2) is 10.9. The van der Waals surface area contributed by atoms with Gasteiger partial charge in [-0.3, -0.25) is 0 Å². The van der Waals surface area contributed by atoms with Gasteiger partial charge in [-0.1, -0.05) is 26.7 Å². The molecule has 1 fully saturated rings. The highest BCUT2D eigenvalue weighted by Crippen LogP contribution is 2.17. The predicted octanol–water partition coefficient (Wildman–Crippen LogP) is 1.25. The molecule has 0 amide bonds. The molecule has 0 bridgehead atoms. The molecule has 0 unspecified atom stereocenters. The van der Waals surface area contributed by atoms with E-state index in [1.807, 2.05) is 0 Å². The van der Waals surface area contributed by atoms with Gasteiger partial charge in [-0.15, -0.1) is 0 Å². The zero-order chi connectivity index (χ0) is 13.1. The van der Waals surface area contributed by atoms with Crippen LogP contribution in [0.15, 0.2) is 0 Å². The van der Waals surface area contributed by atoms with Crippen LogP contribution in [0.1, 0.15) is 52.4 Å². The van der Waals surface area contributed by atoms with E-state index in [0.717, 1.165) is 32.3 Å². The van der Waals surface area contributed by atoms with Gasteiger partial charge in [0, 0.05) is 19.2 Å². The van der Waals surface area contributed by atoms with Gasteiger partial charge in [-0.2, -0.15) is 0 Å². The summed E-state index contributed by atoms with van der Waals surface area (Å²) >= 11 is 0. The summed E-state index contributed by atoms with van der Waals surface area (Å²) < 4.78 is 5.96. The van der Waals surface area contributed by atoms with Crippen LogP contribution < -0.4 is 15.3 Å². The van der Waals surface area contributed by atoms with Crippen molar-refractivity contribution >= 4 is 9.36 Å². The van der Waals surface area contributed by atoms with E-state index in [-0.39, 0.29) is 0 Å². The third-order valence-electron chi connectivity index (χ3n) is 3.33. The van der Waals surface area contributed by atoms with Crippen molar-refractivity contribution in [1.29, 1.82) is 0 Å². The minimum absolute atomic E-state index is 0.751. The van der Waals surface area contributed by atoms with Gasteiger partial charge >= 0.3 is 9.36 Å². The average molecular weight is 273 g/mol. The minimum atomic E-state index is -1.37. The van der Waals surface area contributed by atoms with Gasteiger partial charge in [-0.25, -0.2) is 0 Å². The molecule has 0 atom stereocenters. The molecule has 4 nitrogen and oxygen atoms in total. The van der Waals surface area contributed by atoms with Crippen LogP contribution in [-0.2, 0) is 4.43 Å². The average Bonchev–Trinajstić information content (AvgIpc) is 2.90. The molecule has 0 saturated heterocycles. The molecule has 3 N–H and O–H groups in total. The second-order valence-electron chi connectivity index (χ2n) is 5.09. The molecule has 0 heterocycles. The largest absolute Gasteiger partial charge is 0.393 e. The Labute approximate surface area is 114 Å². The van der Waals surface area contributed by atoms with E-state index in [2.05, 4.69) is 29.1 Å². The van der Waals surface area contributed by atoms with Gasteiger partial charge in [0.1, 0.15) is 0 Å². The van der Waals surface area contributed by atoms with Crippen molar-refractivity contribution in [1.82, 2.24) is 15.3 Å². The van der Waals surface area contributed by atoms with Crippen molar-refractivity contribution < 1.29 is 4.43 Å². The van der Waals surface area contributed by atoms with Crippen LogP contribution in [-0.4, -0.2) is 41.6 Å². The van der Waals surface area contributed by atoms with Crippen molar-refractivity contribution in [2.45, 2.75) is 58.4 Å². The van der Waals surface area contributed by atoms with Crippen molar-refractivity contribution in [2.24, 2.45) is 0 Å². The SMILES string of the molecule is CCCN[SiH](NCCC)OCCNC1CCCC1. The topological polar surface area (TPSA) is 45.3 Å². The van der Waals surface area contributed by atoms with E-state index in [4.69, 9.17) is 4.43 Å². The lowest BCUT2D eigenvalue weighted by Gasteiger charge is -2.19. The van der Waals surface area contributed by atoms with E-state index in [9.17, 15) is 0 Å². The molecule has 1 aliphatic carbocycles. The van der Waals surface area contributed by atoms with Crippen LogP contribution in [0.5, 0.6) is 0 Å².